The largest absolute Gasteiger partial charge is 0.508 e. The minimum absolute atomic E-state index is 0.184. The van der Waals surface area contributed by atoms with Gasteiger partial charge >= 0.3 is 0 Å². The Kier molecular flexibility index (Phi) is 6.67. The number of hydrogen-bond donors (Lipinski definition) is 2. The van der Waals surface area contributed by atoms with Gasteiger partial charge in [-0.15, -0.1) is 0 Å². The summed E-state index contributed by atoms with van der Waals surface area (Å²) in [5, 5.41) is 14.2. The summed E-state index contributed by atoms with van der Waals surface area (Å²) in [5.41, 5.74) is 4.68. The van der Waals surface area contributed by atoms with Crippen LogP contribution in [0.3, 0.4) is 0 Å². The molecule has 2 atom stereocenters. The molecule has 0 fully saturated rings. The lowest BCUT2D eigenvalue weighted by atomic mass is 9.87. The smallest absolute Gasteiger partial charge is 0.119 e. The van der Waals surface area contributed by atoms with E-state index in [1.54, 1.807) is 0 Å². The van der Waals surface area contributed by atoms with E-state index in [0.717, 1.165) is 30.5 Å². The lowest BCUT2D eigenvalue weighted by Crippen LogP contribution is -2.30. The van der Waals surface area contributed by atoms with Crippen LogP contribution < -0.4 is 5.32 Å². The topological polar surface area (TPSA) is 32.3 Å². The summed E-state index contributed by atoms with van der Waals surface area (Å²) >= 11 is 0. The highest BCUT2D eigenvalue weighted by Gasteiger charge is 2.18. The first-order valence-electron chi connectivity index (χ1n) is 9.75. The van der Waals surface area contributed by atoms with Gasteiger partial charge in [0, 0.05) is 17.5 Å². The number of aryl methyl sites for hydroxylation is 1. The van der Waals surface area contributed by atoms with E-state index in [2.05, 4.69) is 79.0 Å². The number of rotatable bonds is 8. The lowest BCUT2D eigenvalue weighted by molar-refractivity contribution is 0.458. The van der Waals surface area contributed by atoms with E-state index in [-0.39, 0.29) is 5.92 Å². The number of phenols is 1. The third kappa shape index (κ3) is 5.45. The van der Waals surface area contributed by atoms with Gasteiger partial charge in [0.25, 0.3) is 0 Å². The molecule has 2 N–H and O–H groups in total. The maximum atomic E-state index is 10.5. The third-order valence-corrected chi connectivity index (χ3v) is 5.07. The normalized spacial score (nSPS) is 13.3. The van der Waals surface area contributed by atoms with Crippen molar-refractivity contribution in [3.05, 3.63) is 101 Å². The number of aromatic hydroxyl groups is 1. The maximum absolute atomic E-state index is 10.5. The van der Waals surface area contributed by atoms with Crippen LogP contribution in [0.25, 0.3) is 0 Å². The van der Waals surface area contributed by atoms with Gasteiger partial charge in [-0.1, -0.05) is 72.8 Å². The molecule has 0 aliphatic heterocycles. The monoisotopic (exact) mass is 359 g/mol. The highest BCUT2D eigenvalue weighted by molar-refractivity contribution is 5.43. The first-order chi connectivity index (χ1) is 13.1. The van der Waals surface area contributed by atoms with E-state index < -0.39 is 0 Å². The number of benzene rings is 3. The second-order valence-corrected chi connectivity index (χ2v) is 7.36. The summed E-state index contributed by atoms with van der Waals surface area (Å²) in [6, 6.07) is 27.5. The van der Waals surface area contributed by atoms with Gasteiger partial charge in [0.1, 0.15) is 5.75 Å². The van der Waals surface area contributed by atoms with Gasteiger partial charge in [0.2, 0.25) is 0 Å². The van der Waals surface area contributed by atoms with Crippen molar-refractivity contribution in [1.82, 2.24) is 5.32 Å². The summed E-state index contributed by atoms with van der Waals surface area (Å²) in [7, 11) is 0. The van der Waals surface area contributed by atoms with Gasteiger partial charge in [-0.2, -0.15) is 0 Å². The Bertz CT molecular complexity index is 829. The van der Waals surface area contributed by atoms with E-state index in [1.165, 1.54) is 11.1 Å². The molecule has 0 saturated heterocycles. The molecule has 140 valence electrons. The van der Waals surface area contributed by atoms with Crippen LogP contribution in [-0.4, -0.2) is 17.7 Å². The van der Waals surface area contributed by atoms with Crippen LogP contribution in [0.2, 0.25) is 0 Å². The van der Waals surface area contributed by atoms with Crippen LogP contribution >= 0.6 is 0 Å². The van der Waals surface area contributed by atoms with Crippen molar-refractivity contribution >= 4 is 0 Å². The van der Waals surface area contributed by atoms with Crippen molar-refractivity contribution in [3.8, 4) is 5.75 Å². The first kappa shape index (κ1) is 19.2. The second-order valence-electron chi connectivity index (χ2n) is 7.36. The molecule has 27 heavy (non-hydrogen) atoms. The number of hydrogen-bond acceptors (Lipinski definition) is 2. The van der Waals surface area contributed by atoms with E-state index in [9.17, 15) is 5.11 Å². The summed E-state index contributed by atoms with van der Waals surface area (Å²) in [4.78, 5) is 0. The highest BCUT2D eigenvalue weighted by atomic mass is 16.3. The third-order valence-electron chi connectivity index (χ3n) is 5.07. The molecule has 0 spiro atoms. The Balaban J connectivity index is 1.67. The van der Waals surface area contributed by atoms with Crippen molar-refractivity contribution in [2.45, 2.75) is 38.6 Å². The first-order valence-corrected chi connectivity index (χ1v) is 9.75. The summed E-state index contributed by atoms with van der Waals surface area (Å²) in [5.74, 6) is 0.574. The molecule has 0 aromatic heterocycles. The Morgan fingerprint density at radius 2 is 1.56 bits per heavy atom. The van der Waals surface area contributed by atoms with Gasteiger partial charge in [-0.25, -0.2) is 0 Å². The van der Waals surface area contributed by atoms with Crippen LogP contribution in [0.4, 0.5) is 0 Å². The Morgan fingerprint density at radius 3 is 2.22 bits per heavy atom. The predicted molar refractivity (Wildman–Crippen MR) is 113 cm³/mol. The van der Waals surface area contributed by atoms with Gasteiger partial charge in [0.15, 0.2) is 0 Å². The fraction of sp³-hybridized carbons (Fsp3) is 0.280. The van der Waals surface area contributed by atoms with E-state index in [0.29, 0.717) is 11.8 Å². The zero-order chi connectivity index (χ0) is 19.1. The molecule has 2 nitrogen and oxygen atoms in total. The fourth-order valence-corrected chi connectivity index (χ4v) is 3.65. The Morgan fingerprint density at radius 1 is 0.889 bits per heavy atom. The van der Waals surface area contributed by atoms with Crippen molar-refractivity contribution in [2.24, 2.45) is 0 Å². The van der Waals surface area contributed by atoms with Crippen molar-refractivity contribution in [3.63, 3.8) is 0 Å². The lowest BCUT2D eigenvalue weighted by Gasteiger charge is -2.21. The van der Waals surface area contributed by atoms with Gasteiger partial charge in [0.05, 0.1) is 0 Å². The highest BCUT2D eigenvalue weighted by Crippen LogP contribution is 2.34. The molecular weight excluding hydrogens is 330 g/mol. The molecule has 0 heterocycles. The van der Waals surface area contributed by atoms with Crippen LogP contribution in [0, 0.1) is 6.92 Å². The van der Waals surface area contributed by atoms with Crippen LogP contribution in [-0.2, 0) is 6.42 Å². The average molecular weight is 360 g/mol. The number of phenolic OH excluding ortho intramolecular Hbond substituents is 1. The molecule has 3 aromatic rings. The van der Waals surface area contributed by atoms with Gasteiger partial charge in [-0.3, -0.25) is 0 Å². The number of nitrogens with one attached hydrogen (secondary N) is 1. The minimum Gasteiger partial charge on any atom is -0.508 e. The summed E-state index contributed by atoms with van der Waals surface area (Å²) < 4.78 is 0. The van der Waals surface area contributed by atoms with Gasteiger partial charge in [-0.05, 0) is 56.0 Å². The zero-order valence-corrected chi connectivity index (χ0v) is 16.2. The maximum Gasteiger partial charge on any atom is 0.119 e. The summed E-state index contributed by atoms with van der Waals surface area (Å²) in [6.45, 7) is 5.14. The van der Waals surface area contributed by atoms with Crippen molar-refractivity contribution < 1.29 is 5.11 Å². The van der Waals surface area contributed by atoms with Crippen LogP contribution in [0.1, 0.15) is 41.5 Å². The Labute approximate surface area is 162 Å². The molecule has 2 unspecified atom stereocenters. The van der Waals surface area contributed by atoms with Gasteiger partial charge < -0.3 is 10.4 Å². The molecule has 0 amide bonds. The van der Waals surface area contributed by atoms with E-state index in [4.69, 9.17) is 0 Å². The van der Waals surface area contributed by atoms with Crippen LogP contribution in [0.5, 0.6) is 5.75 Å². The molecular formula is C25H29NO. The van der Waals surface area contributed by atoms with E-state index >= 15 is 0 Å². The summed E-state index contributed by atoms with van der Waals surface area (Å²) in [6.07, 6.45) is 1.96. The molecule has 3 rings (SSSR count). The van der Waals surface area contributed by atoms with E-state index in [1.807, 2.05) is 19.1 Å². The molecule has 3 aromatic carbocycles. The molecule has 0 aliphatic carbocycles. The quantitative estimate of drug-likeness (QED) is 0.561. The molecule has 0 saturated carbocycles. The van der Waals surface area contributed by atoms with Crippen molar-refractivity contribution in [2.75, 3.05) is 6.54 Å². The molecule has 0 aliphatic rings. The fourth-order valence-electron chi connectivity index (χ4n) is 3.65. The second kappa shape index (κ2) is 9.38. The predicted octanol–water partition coefficient (Wildman–Crippen LogP) is 5.44. The van der Waals surface area contributed by atoms with Crippen molar-refractivity contribution in [1.29, 1.82) is 0 Å². The Hall–Kier alpha value is -2.58. The molecule has 2 heteroatoms. The minimum atomic E-state index is 0.184. The standard InChI is InChI=1S/C25H29NO/c1-19-13-14-24(25(27)17-19)23(22-11-7-4-8-12-22)15-16-26-20(2)18-21-9-5-3-6-10-21/h3-14,17,20,23,26-27H,15-16,18H2,1-2H3. The SMILES string of the molecule is Cc1ccc(C(CCNC(C)Cc2ccccc2)c2ccccc2)c(O)c1. The zero-order valence-electron chi connectivity index (χ0n) is 16.2. The molecule has 0 radical (unpaired) electrons. The van der Waals surface area contributed by atoms with Crippen LogP contribution in [0.15, 0.2) is 78.9 Å². The average Bonchev–Trinajstić information content (AvgIpc) is 2.67. The molecule has 0 bridgehead atoms.